The molecule has 7 heteroatoms. The zero-order valence-corrected chi connectivity index (χ0v) is 17.8. The van der Waals surface area contributed by atoms with E-state index in [-0.39, 0.29) is 23.4 Å². The van der Waals surface area contributed by atoms with E-state index in [1.807, 2.05) is 24.3 Å². The van der Waals surface area contributed by atoms with E-state index >= 15 is 0 Å². The van der Waals surface area contributed by atoms with Crippen molar-refractivity contribution in [2.45, 2.75) is 6.92 Å². The molecule has 6 nitrogen and oxygen atoms in total. The first-order chi connectivity index (χ1) is 15.4. The Bertz CT molecular complexity index is 1310. The molecule has 0 fully saturated rings. The minimum absolute atomic E-state index is 0.0396. The second-order valence-corrected chi connectivity index (χ2v) is 8.04. The van der Waals surface area contributed by atoms with Crippen LogP contribution in [-0.4, -0.2) is 22.1 Å². The SMILES string of the molecule is CC(=O)Oc1ccc(-c2ccccc2NC(=O)c2cccc(-c3ccc(O)cc3O)c2)s1. The standard InChI is InChI=1S/C25H19NO5S/c1-15(27)31-24-12-11-23(32-24)20-7-2-3-8-21(20)26-25(30)17-6-4-5-16(13-17)19-10-9-18(28)14-22(19)29/h2-14,28-29H,1H3,(H,26,30). The van der Waals surface area contributed by atoms with Gasteiger partial charge in [0.25, 0.3) is 5.91 Å². The fourth-order valence-electron chi connectivity index (χ4n) is 3.25. The Kier molecular flexibility index (Phi) is 5.91. The van der Waals surface area contributed by atoms with E-state index in [9.17, 15) is 19.8 Å². The molecule has 0 spiro atoms. The second-order valence-electron chi connectivity index (χ2n) is 6.99. The Balaban J connectivity index is 1.60. The highest BCUT2D eigenvalue weighted by atomic mass is 32.1. The molecule has 0 aliphatic heterocycles. The van der Waals surface area contributed by atoms with Crippen LogP contribution in [0.1, 0.15) is 17.3 Å². The molecule has 160 valence electrons. The molecule has 0 aliphatic rings. The second kappa shape index (κ2) is 8.95. The monoisotopic (exact) mass is 445 g/mol. The van der Waals surface area contributed by atoms with E-state index in [2.05, 4.69) is 5.32 Å². The predicted octanol–water partition coefficient (Wildman–Crippen LogP) is 5.67. The normalized spacial score (nSPS) is 10.5. The molecule has 0 saturated heterocycles. The molecule has 0 unspecified atom stereocenters. The van der Waals surface area contributed by atoms with Crippen LogP contribution >= 0.6 is 11.3 Å². The van der Waals surface area contributed by atoms with E-state index in [1.165, 1.54) is 30.4 Å². The first-order valence-corrected chi connectivity index (χ1v) is 10.5. The van der Waals surface area contributed by atoms with Crippen LogP contribution in [0, 0.1) is 0 Å². The maximum absolute atomic E-state index is 13.0. The lowest BCUT2D eigenvalue weighted by Gasteiger charge is -2.11. The highest BCUT2D eigenvalue weighted by Gasteiger charge is 2.14. The van der Waals surface area contributed by atoms with Crippen molar-refractivity contribution in [2.75, 3.05) is 5.32 Å². The number of para-hydroxylation sites is 1. The summed E-state index contributed by atoms with van der Waals surface area (Å²) >= 11 is 1.31. The number of nitrogens with one attached hydrogen (secondary N) is 1. The van der Waals surface area contributed by atoms with E-state index in [0.717, 1.165) is 10.4 Å². The van der Waals surface area contributed by atoms with Crippen LogP contribution in [0.4, 0.5) is 5.69 Å². The number of benzene rings is 3. The fraction of sp³-hybridized carbons (Fsp3) is 0.0400. The van der Waals surface area contributed by atoms with Crippen LogP contribution < -0.4 is 10.1 Å². The number of phenols is 2. The molecule has 32 heavy (non-hydrogen) atoms. The quantitative estimate of drug-likeness (QED) is 0.344. The molecule has 3 N–H and O–H groups in total. The van der Waals surface area contributed by atoms with E-state index in [0.29, 0.717) is 27.4 Å². The molecule has 1 heterocycles. The van der Waals surface area contributed by atoms with Gasteiger partial charge in [0.2, 0.25) is 0 Å². The van der Waals surface area contributed by atoms with Gasteiger partial charge < -0.3 is 20.3 Å². The fourth-order valence-corrected chi connectivity index (χ4v) is 4.19. The molecule has 0 radical (unpaired) electrons. The van der Waals surface area contributed by atoms with Gasteiger partial charge in [0.05, 0.1) is 0 Å². The van der Waals surface area contributed by atoms with Crippen LogP contribution in [0.3, 0.4) is 0 Å². The van der Waals surface area contributed by atoms with E-state index in [4.69, 9.17) is 4.74 Å². The zero-order chi connectivity index (χ0) is 22.7. The largest absolute Gasteiger partial charge is 0.508 e. The average Bonchev–Trinajstić information content (AvgIpc) is 3.21. The van der Waals surface area contributed by atoms with Gasteiger partial charge in [-0.1, -0.05) is 41.7 Å². The minimum atomic E-state index is -0.389. The highest BCUT2D eigenvalue weighted by molar-refractivity contribution is 7.17. The van der Waals surface area contributed by atoms with Crippen LogP contribution in [0.25, 0.3) is 21.6 Å². The third-order valence-electron chi connectivity index (χ3n) is 4.68. The van der Waals surface area contributed by atoms with Gasteiger partial charge in [0.15, 0.2) is 5.06 Å². The third kappa shape index (κ3) is 4.63. The molecule has 0 bridgehead atoms. The molecule has 0 aliphatic carbocycles. The zero-order valence-electron chi connectivity index (χ0n) is 17.0. The van der Waals surface area contributed by atoms with Gasteiger partial charge in [-0.2, -0.15) is 0 Å². The summed E-state index contributed by atoms with van der Waals surface area (Å²) in [6, 6.07) is 22.1. The van der Waals surface area contributed by atoms with Gasteiger partial charge in [-0.25, -0.2) is 0 Å². The molecular weight excluding hydrogens is 426 g/mol. The Labute approximate surface area is 188 Å². The summed E-state index contributed by atoms with van der Waals surface area (Å²) in [6.07, 6.45) is 0. The molecule has 4 rings (SSSR count). The lowest BCUT2D eigenvalue weighted by molar-refractivity contribution is -0.131. The molecule has 0 saturated carbocycles. The van der Waals surface area contributed by atoms with E-state index < -0.39 is 0 Å². The number of ether oxygens (including phenoxy) is 1. The van der Waals surface area contributed by atoms with Crippen LogP contribution in [0.5, 0.6) is 16.6 Å². The summed E-state index contributed by atoms with van der Waals surface area (Å²) in [7, 11) is 0. The van der Waals surface area contributed by atoms with Gasteiger partial charge in [0, 0.05) is 40.2 Å². The number of anilines is 1. The Morgan fingerprint density at radius 2 is 1.69 bits per heavy atom. The average molecular weight is 445 g/mol. The maximum atomic E-state index is 13.0. The number of hydrogen-bond donors (Lipinski definition) is 3. The topological polar surface area (TPSA) is 95.9 Å². The van der Waals surface area contributed by atoms with Gasteiger partial charge >= 0.3 is 5.97 Å². The van der Waals surface area contributed by atoms with Crippen molar-refractivity contribution in [3.05, 3.63) is 84.4 Å². The van der Waals surface area contributed by atoms with Crippen molar-refractivity contribution in [3.8, 4) is 38.1 Å². The molecule has 1 aromatic heterocycles. The number of phenolic OH excluding ortho intramolecular Hbond substituents is 2. The van der Waals surface area contributed by atoms with Crippen LogP contribution in [-0.2, 0) is 4.79 Å². The first-order valence-electron chi connectivity index (χ1n) is 9.72. The lowest BCUT2D eigenvalue weighted by Crippen LogP contribution is -2.12. The lowest BCUT2D eigenvalue weighted by atomic mass is 10.0. The number of amides is 1. The predicted molar refractivity (Wildman–Crippen MR) is 124 cm³/mol. The molecule has 1 amide bonds. The van der Waals surface area contributed by atoms with Crippen molar-refractivity contribution >= 4 is 28.9 Å². The van der Waals surface area contributed by atoms with Crippen molar-refractivity contribution in [1.82, 2.24) is 0 Å². The number of hydrogen-bond acceptors (Lipinski definition) is 6. The minimum Gasteiger partial charge on any atom is -0.508 e. The van der Waals surface area contributed by atoms with Crippen molar-refractivity contribution in [2.24, 2.45) is 0 Å². The van der Waals surface area contributed by atoms with Gasteiger partial charge in [-0.15, -0.1) is 0 Å². The summed E-state index contributed by atoms with van der Waals surface area (Å²) < 4.78 is 5.14. The Morgan fingerprint density at radius 1 is 0.875 bits per heavy atom. The summed E-state index contributed by atoms with van der Waals surface area (Å²) in [5, 5.41) is 23.1. The third-order valence-corrected chi connectivity index (χ3v) is 5.68. The smallest absolute Gasteiger partial charge is 0.308 e. The molecular formula is C25H19NO5S. The maximum Gasteiger partial charge on any atom is 0.308 e. The number of rotatable bonds is 5. The molecule has 4 aromatic rings. The summed E-state index contributed by atoms with van der Waals surface area (Å²) in [6.45, 7) is 1.35. The number of carbonyl (C=O) groups excluding carboxylic acids is 2. The van der Waals surface area contributed by atoms with Gasteiger partial charge in [0.1, 0.15) is 11.5 Å². The van der Waals surface area contributed by atoms with Crippen LogP contribution in [0.15, 0.2) is 78.9 Å². The van der Waals surface area contributed by atoms with Crippen molar-refractivity contribution in [3.63, 3.8) is 0 Å². The molecule has 0 atom stereocenters. The summed E-state index contributed by atoms with van der Waals surface area (Å²) in [5.74, 6) is -0.815. The summed E-state index contributed by atoms with van der Waals surface area (Å²) in [4.78, 5) is 25.0. The highest BCUT2D eigenvalue weighted by Crippen LogP contribution is 2.37. The number of carbonyl (C=O) groups is 2. The van der Waals surface area contributed by atoms with Crippen molar-refractivity contribution in [1.29, 1.82) is 0 Å². The van der Waals surface area contributed by atoms with Crippen LogP contribution in [0.2, 0.25) is 0 Å². The molecule has 3 aromatic carbocycles. The summed E-state index contributed by atoms with van der Waals surface area (Å²) in [5.41, 5.74) is 2.99. The Hall–Kier alpha value is -4.10. The first kappa shape index (κ1) is 21.1. The van der Waals surface area contributed by atoms with E-state index in [1.54, 1.807) is 42.5 Å². The Morgan fingerprint density at radius 3 is 2.47 bits per heavy atom. The number of aromatic hydroxyl groups is 2. The number of esters is 1. The van der Waals surface area contributed by atoms with Crippen molar-refractivity contribution < 1.29 is 24.5 Å². The van der Waals surface area contributed by atoms with Gasteiger partial charge in [-0.3, -0.25) is 9.59 Å². The van der Waals surface area contributed by atoms with Gasteiger partial charge in [-0.05, 0) is 48.0 Å². The number of thiophene rings is 1.